The molecule has 7 heteroatoms. The summed E-state index contributed by atoms with van der Waals surface area (Å²) in [5.74, 6) is 0.442. The van der Waals surface area contributed by atoms with Gasteiger partial charge in [0.05, 0.1) is 4.90 Å². The zero-order valence-electron chi connectivity index (χ0n) is 14.8. The first kappa shape index (κ1) is 21.0. The molecule has 0 fully saturated rings. The molecule has 0 aliphatic heterocycles. The Hall–Kier alpha value is -1.05. The minimum atomic E-state index is -3.72. The Kier molecular flexibility index (Phi) is 8.80. The molecule has 0 aliphatic carbocycles. The lowest BCUT2D eigenvalue weighted by atomic mass is 10.1. The average molecular weight is 373 g/mol. The lowest BCUT2D eigenvalue weighted by Crippen LogP contribution is -2.49. The Morgan fingerprint density at radius 2 is 1.83 bits per heavy atom. The molecule has 0 saturated carbocycles. The van der Waals surface area contributed by atoms with E-state index in [9.17, 15) is 13.2 Å². The fraction of sp³-hybridized carbons (Fsp3) is 0.588. The van der Waals surface area contributed by atoms with Gasteiger partial charge in [-0.2, -0.15) is 16.5 Å². The molecule has 0 saturated heterocycles. The van der Waals surface area contributed by atoms with E-state index in [-0.39, 0.29) is 16.8 Å². The summed E-state index contributed by atoms with van der Waals surface area (Å²) in [5.41, 5.74) is 0.985. The number of carbonyl (C=O) groups excluding carboxylic acids is 1. The Morgan fingerprint density at radius 3 is 2.38 bits per heavy atom. The van der Waals surface area contributed by atoms with Crippen molar-refractivity contribution >= 4 is 27.7 Å². The molecule has 0 bridgehead atoms. The number of benzene rings is 1. The summed E-state index contributed by atoms with van der Waals surface area (Å²) < 4.78 is 27.6. The number of thioether (sulfide) groups is 1. The molecule has 0 aliphatic rings. The van der Waals surface area contributed by atoms with Crippen LogP contribution in [0.4, 0.5) is 0 Å². The van der Waals surface area contributed by atoms with Crippen molar-refractivity contribution < 1.29 is 13.2 Å². The fourth-order valence-corrected chi connectivity index (χ4v) is 4.00. The van der Waals surface area contributed by atoms with Crippen molar-refractivity contribution in [1.82, 2.24) is 10.0 Å². The highest BCUT2D eigenvalue weighted by atomic mass is 32.2. The summed E-state index contributed by atoms with van der Waals surface area (Å²) >= 11 is 1.59. The molecule has 2 N–H and O–H groups in total. The van der Waals surface area contributed by atoms with E-state index >= 15 is 0 Å². The van der Waals surface area contributed by atoms with Gasteiger partial charge in [0, 0.05) is 6.04 Å². The van der Waals surface area contributed by atoms with Gasteiger partial charge in [-0.05, 0) is 50.8 Å². The van der Waals surface area contributed by atoms with Crippen molar-refractivity contribution in [2.45, 2.75) is 57.0 Å². The van der Waals surface area contributed by atoms with Gasteiger partial charge in [0.25, 0.3) is 0 Å². The van der Waals surface area contributed by atoms with E-state index < -0.39 is 16.1 Å². The van der Waals surface area contributed by atoms with E-state index in [1.807, 2.05) is 27.0 Å². The van der Waals surface area contributed by atoms with Crippen molar-refractivity contribution in [3.05, 3.63) is 29.8 Å². The fourth-order valence-electron chi connectivity index (χ4n) is 2.30. The number of amides is 1. The number of hydrogen-bond acceptors (Lipinski definition) is 4. The summed E-state index contributed by atoms with van der Waals surface area (Å²) in [5, 5.41) is 2.90. The van der Waals surface area contributed by atoms with Crippen LogP contribution < -0.4 is 10.0 Å². The third-order valence-corrected chi connectivity index (χ3v) is 5.80. The second kappa shape index (κ2) is 10.1. The molecular weight excluding hydrogens is 344 g/mol. The molecule has 0 heterocycles. The van der Waals surface area contributed by atoms with Crippen molar-refractivity contribution in [2.24, 2.45) is 0 Å². The summed E-state index contributed by atoms with van der Waals surface area (Å²) in [4.78, 5) is 12.6. The molecule has 2 unspecified atom stereocenters. The lowest BCUT2D eigenvalue weighted by molar-refractivity contribution is -0.123. The minimum Gasteiger partial charge on any atom is -0.352 e. The summed E-state index contributed by atoms with van der Waals surface area (Å²) in [7, 11) is -3.72. The van der Waals surface area contributed by atoms with Gasteiger partial charge in [-0.3, -0.25) is 4.79 Å². The van der Waals surface area contributed by atoms with Crippen LogP contribution in [-0.2, 0) is 14.8 Å². The van der Waals surface area contributed by atoms with E-state index in [0.717, 1.165) is 18.4 Å². The highest BCUT2D eigenvalue weighted by Crippen LogP contribution is 2.12. The topological polar surface area (TPSA) is 75.3 Å². The minimum absolute atomic E-state index is 0.0307. The number of sulfonamides is 1. The van der Waals surface area contributed by atoms with Gasteiger partial charge in [0.1, 0.15) is 6.04 Å². The maximum atomic E-state index is 12.5. The summed E-state index contributed by atoms with van der Waals surface area (Å²) in [6, 6.07) is 5.87. The normalized spacial score (nSPS) is 14.2. The van der Waals surface area contributed by atoms with Crippen LogP contribution in [0.3, 0.4) is 0 Å². The standard InChI is InChI=1S/C17H28N2O3S2/c1-5-6-14(3)18-17(20)16(11-12-23-4)19-24(21,22)15-9-7-13(2)8-10-15/h7-10,14,16,19H,5-6,11-12H2,1-4H3,(H,18,20). The van der Waals surface area contributed by atoms with Gasteiger partial charge in [0.2, 0.25) is 15.9 Å². The third-order valence-electron chi connectivity index (χ3n) is 3.67. The van der Waals surface area contributed by atoms with Crippen LogP contribution >= 0.6 is 11.8 Å². The highest BCUT2D eigenvalue weighted by Gasteiger charge is 2.26. The van der Waals surface area contributed by atoms with Crippen molar-refractivity contribution in [2.75, 3.05) is 12.0 Å². The number of rotatable bonds is 10. The predicted octanol–water partition coefficient (Wildman–Crippen LogP) is 2.70. The summed E-state index contributed by atoms with van der Waals surface area (Å²) in [6.45, 7) is 5.88. The molecule has 0 radical (unpaired) electrons. The number of hydrogen-bond donors (Lipinski definition) is 2. The van der Waals surface area contributed by atoms with Crippen molar-refractivity contribution in [3.63, 3.8) is 0 Å². The van der Waals surface area contributed by atoms with Gasteiger partial charge in [-0.15, -0.1) is 0 Å². The van der Waals surface area contributed by atoms with Gasteiger partial charge in [0.15, 0.2) is 0 Å². The molecular formula is C17H28N2O3S2. The number of aryl methyl sites for hydroxylation is 1. The highest BCUT2D eigenvalue weighted by molar-refractivity contribution is 7.98. The van der Waals surface area contributed by atoms with E-state index in [4.69, 9.17) is 0 Å². The first-order chi connectivity index (χ1) is 11.3. The molecule has 1 aromatic carbocycles. The zero-order chi connectivity index (χ0) is 18.2. The molecule has 1 aromatic rings. The lowest BCUT2D eigenvalue weighted by Gasteiger charge is -2.21. The van der Waals surface area contributed by atoms with Crippen LogP contribution in [-0.4, -0.2) is 38.4 Å². The Balaban J connectivity index is 2.87. The molecule has 1 amide bonds. The van der Waals surface area contributed by atoms with Crippen molar-refractivity contribution in [1.29, 1.82) is 0 Å². The van der Waals surface area contributed by atoms with Crippen LogP contribution in [0.15, 0.2) is 29.2 Å². The summed E-state index contributed by atoms with van der Waals surface area (Å²) in [6.07, 6.45) is 4.22. The van der Waals surface area contributed by atoms with Crippen LogP contribution in [0.1, 0.15) is 38.7 Å². The smallest absolute Gasteiger partial charge is 0.241 e. The molecule has 1 rings (SSSR count). The van der Waals surface area contributed by atoms with Crippen LogP contribution in [0.2, 0.25) is 0 Å². The Labute approximate surface area is 150 Å². The molecule has 0 spiro atoms. The largest absolute Gasteiger partial charge is 0.352 e. The maximum Gasteiger partial charge on any atom is 0.241 e. The molecule has 5 nitrogen and oxygen atoms in total. The number of carbonyl (C=O) groups is 1. The van der Waals surface area contributed by atoms with Gasteiger partial charge < -0.3 is 5.32 Å². The van der Waals surface area contributed by atoms with E-state index in [1.54, 1.807) is 36.0 Å². The van der Waals surface area contributed by atoms with Gasteiger partial charge in [-0.25, -0.2) is 8.42 Å². The number of nitrogens with one attached hydrogen (secondary N) is 2. The monoisotopic (exact) mass is 372 g/mol. The molecule has 136 valence electrons. The van der Waals surface area contributed by atoms with E-state index in [2.05, 4.69) is 10.0 Å². The molecule has 0 aromatic heterocycles. The molecule has 24 heavy (non-hydrogen) atoms. The van der Waals surface area contributed by atoms with Crippen LogP contribution in [0.5, 0.6) is 0 Å². The molecule has 2 atom stereocenters. The van der Waals surface area contributed by atoms with Crippen LogP contribution in [0.25, 0.3) is 0 Å². The van der Waals surface area contributed by atoms with Crippen molar-refractivity contribution in [3.8, 4) is 0 Å². The Bertz CT molecular complexity index is 615. The zero-order valence-corrected chi connectivity index (χ0v) is 16.5. The second-order valence-electron chi connectivity index (χ2n) is 5.97. The third kappa shape index (κ3) is 6.83. The van der Waals surface area contributed by atoms with Gasteiger partial charge in [-0.1, -0.05) is 31.0 Å². The van der Waals surface area contributed by atoms with E-state index in [0.29, 0.717) is 12.2 Å². The first-order valence-electron chi connectivity index (χ1n) is 8.18. The maximum absolute atomic E-state index is 12.5. The quantitative estimate of drug-likeness (QED) is 0.662. The predicted molar refractivity (Wildman–Crippen MR) is 101 cm³/mol. The van der Waals surface area contributed by atoms with E-state index in [1.165, 1.54) is 0 Å². The van der Waals surface area contributed by atoms with Gasteiger partial charge >= 0.3 is 0 Å². The first-order valence-corrected chi connectivity index (χ1v) is 11.1. The van der Waals surface area contributed by atoms with Crippen LogP contribution in [0, 0.1) is 6.92 Å². The average Bonchev–Trinajstić information content (AvgIpc) is 2.51. The second-order valence-corrected chi connectivity index (χ2v) is 8.67. The SMILES string of the molecule is CCCC(C)NC(=O)C(CCSC)NS(=O)(=O)c1ccc(C)cc1. The Morgan fingerprint density at radius 1 is 1.21 bits per heavy atom.